The Labute approximate surface area is 190 Å². The van der Waals surface area contributed by atoms with Crippen molar-refractivity contribution < 1.29 is 9.21 Å². The highest BCUT2D eigenvalue weighted by molar-refractivity contribution is 8.00. The quantitative estimate of drug-likeness (QED) is 0.358. The Morgan fingerprint density at radius 2 is 1.74 bits per heavy atom. The van der Waals surface area contributed by atoms with Gasteiger partial charge in [0.25, 0.3) is 0 Å². The second kappa shape index (κ2) is 8.08. The van der Waals surface area contributed by atoms with Gasteiger partial charge in [0.05, 0.1) is 23.2 Å². The van der Waals surface area contributed by atoms with Crippen LogP contribution in [-0.2, 0) is 4.79 Å². The second-order valence-electron chi connectivity index (χ2n) is 7.80. The molecule has 6 heteroatoms. The fourth-order valence-corrected chi connectivity index (χ4v) is 5.34. The molecule has 0 spiro atoms. The monoisotopic (exact) mass is 448 g/mol. The van der Waals surface area contributed by atoms with Gasteiger partial charge in [-0.05, 0) is 56.1 Å². The SMILES string of the molecule is CN(C)CC(=O)N1c2ccccc2SC(c2ccc(Cl)cc2)c2oc3ccccc3c21. The molecule has 0 saturated carbocycles. The molecule has 0 fully saturated rings. The fraction of sp³-hybridized carbons (Fsp3) is 0.160. The van der Waals surface area contributed by atoms with Gasteiger partial charge in [0.15, 0.2) is 0 Å². The number of benzene rings is 3. The fourth-order valence-electron chi connectivity index (χ4n) is 3.96. The second-order valence-corrected chi connectivity index (χ2v) is 9.38. The normalized spacial score (nSPS) is 15.6. The standard InChI is InChI=1S/C25H21ClN2O2S/c1-27(2)15-22(29)28-19-8-4-6-10-21(19)31-25(16-11-13-17(26)14-12-16)24-23(28)18-7-3-5-9-20(18)30-24/h3-14,25H,15H2,1-2H3. The van der Waals surface area contributed by atoms with E-state index in [0.717, 1.165) is 38.6 Å². The molecule has 1 unspecified atom stereocenters. The number of thioether (sulfide) groups is 1. The van der Waals surface area contributed by atoms with Gasteiger partial charge in [-0.1, -0.05) is 48.0 Å². The van der Waals surface area contributed by atoms with Gasteiger partial charge >= 0.3 is 0 Å². The minimum Gasteiger partial charge on any atom is -0.457 e. The minimum atomic E-state index is -0.113. The van der Waals surface area contributed by atoms with E-state index in [1.165, 1.54) is 0 Å². The van der Waals surface area contributed by atoms with Gasteiger partial charge in [-0.25, -0.2) is 0 Å². The lowest BCUT2D eigenvalue weighted by Gasteiger charge is -2.24. The predicted molar refractivity (Wildman–Crippen MR) is 128 cm³/mol. The summed E-state index contributed by atoms with van der Waals surface area (Å²) in [6, 6.07) is 23.8. The molecule has 31 heavy (non-hydrogen) atoms. The summed E-state index contributed by atoms with van der Waals surface area (Å²) < 4.78 is 6.42. The van der Waals surface area contributed by atoms with Crippen LogP contribution >= 0.6 is 23.4 Å². The van der Waals surface area contributed by atoms with Gasteiger partial charge in [-0.3, -0.25) is 9.69 Å². The molecule has 2 heterocycles. The Morgan fingerprint density at radius 1 is 1.03 bits per heavy atom. The molecule has 1 aromatic heterocycles. The van der Waals surface area contributed by atoms with Crippen LogP contribution in [0.3, 0.4) is 0 Å². The van der Waals surface area contributed by atoms with Gasteiger partial charge in [-0.2, -0.15) is 0 Å². The number of amides is 1. The number of furan rings is 1. The number of para-hydroxylation sites is 2. The van der Waals surface area contributed by atoms with Crippen molar-refractivity contribution in [3.8, 4) is 0 Å². The molecule has 0 saturated heterocycles. The maximum Gasteiger partial charge on any atom is 0.245 e. The van der Waals surface area contributed by atoms with Crippen LogP contribution < -0.4 is 4.90 Å². The molecular weight excluding hydrogens is 428 g/mol. The van der Waals surface area contributed by atoms with E-state index >= 15 is 0 Å². The van der Waals surface area contributed by atoms with Crippen LogP contribution in [0.5, 0.6) is 0 Å². The van der Waals surface area contributed by atoms with Crippen molar-refractivity contribution in [1.29, 1.82) is 0 Å². The Hall–Kier alpha value is -2.73. The first-order chi connectivity index (χ1) is 15.0. The molecule has 156 valence electrons. The van der Waals surface area contributed by atoms with Crippen LogP contribution in [0.1, 0.15) is 16.6 Å². The van der Waals surface area contributed by atoms with Crippen LogP contribution in [0.4, 0.5) is 11.4 Å². The first kappa shape index (κ1) is 20.2. The molecule has 0 N–H and O–H groups in total. The molecule has 1 aliphatic heterocycles. The number of hydrogen-bond acceptors (Lipinski definition) is 4. The van der Waals surface area contributed by atoms with Gasteiger partial charge < -0.3 is 9.32 Å². The van der Waals surface area contributed by atoms with E-state index in [4.69, 9.17) is 16.0 Å². The van der Waals surface area contributed by atoms with Crippen LogP contribution in [0.15, 0.2) is 82.1 Å². The number of carbonyl (C=O) groups excluding carboxylic acids is 1. The topological polar surface area (TPSA) is 36.7 Å². The molecule has 5 rings (SSSR count). The maximum atomic E-state index is 13.5. The number of nitrogens with zero attached hydrogens (tertiary/aromatic N) is 2. The van der Waals surface area contributed by atoms with Crippen molar-refractivity contribution in [2.45, 2.75) is 10.1 Å². The first-order valence-corrected chi connectivity index (χ1v) is 11.3. The van der Waals surface area contributed by atoms with Gasteiger partial charge in [0, 0.05) is 15.3 Å². The minimum absolute atomic E-state index is 0.00242. The molecule has 1 atom stereocenters. The molecule has 0 radical (unpaired) electrons. The lowest BCUT2D eigenvalue weighted by atomic mass is 10.1. The summed E-state index contributed by atoms with van der Waals surface area (Å²) in [6.07, 6.45) is 0. The number of anilines is 2. The lowest BCUT2D eigenvalue weighted by Crippen LogP contribution is -2.35. The molecule has 1 amide bonds. The largest absolute Gasteiger partial charge is 0.457 e. The zero-order valence-electron chi connectivity index (χ0n) is 17.2. The summed E-state index contributed by atoms with van der Waals surface area (Å²) in [7, 11) is 3.81. The molecule has 0 aliphatic carbocycles. The third-order valence-corrected chi connectivity index (χ3v) is 6.85. The molecular formula is C25H21ClN2O2S. The van der Waals surface area contributed by atoms with Crippen molar-refractivity contribution in [3.63, 3.8) is 0 Å². The third-order valence-electron chi connectivity index (χ3n) is 5.28. The number of likely N-dealkylation sites (N-methyl/N-ethyl adjacent to an activating group) is 1. The smallest absolute Gasteiger partial charge is 0.245 e. The number of rotatable bonds is 3. The summed E-state index contributed by atoms with van der Waals surface area (Å²) in [5, 5.41) is 1.51. The van der Waals surface area contributed by atoms with E-state index in [-0.39, 0.29) is 11.2 Å². The Balaban J connectivity index is 1.80. The zero-order valence-corrected chi connectivity index (χ0v) is 18.8. The molecule has 1 aliphatic rings. The van der Waals surface area contributed by atoms with Crippen molar-refractivity contribution >= 4 is 51.6 Å². The van der Waals surface area contributed by atoms with E-state index in [9.17, 15) is 4.79 Å². The first-order valence-electron chi connectivity index (χ1n) is 10.0. The van der Waals surface area contributed by atoms with Crippen molar-refractivity contribution in [2.75, 3.05) is 25.5 Å². The summed E-state index contributed by atoms with van der Waals surface area (Å²) in [5.74, 6) is 0.777. The van der Waals surface area contributed by atoms with Crippen LogP contribution in [0.2, 0.25) is 5.02 Å². The molecule has 0 bridgehead atoms. The van der Waals surface area contributed by atoms with Crippen LogP contribution in [0, 0.1) is 0 Å². The van der Waals surface area contributed by atoms with E-state index < -0.39 is 0 Å². The number of hydrogen-bond donors (Lipinski definition) is 0. The Kier molecular flexibility index (Phi) is 5.26. The highest BCUT2D eigenvalue weighted by atomic mass is 35.5. The summed E-state index contributed by atoms with van der Waals surface area (Å²) in [6.45, 7) is 0.295. The van der Waals surface area contributed by atoms with Crippen molar-refractivity contribution in [2.24, 2.45) is 0 Å². The van der Waals surface area contributed by atoms with E-state index in [2.05, 4.69) is 6.07 Å². The lowest BCUT2D eigenvalue weighted by molar-refractivity contribution is -0.118. The van der Waals surface area contributed by atoms with Crippen molar-refractivity contribution in [3.05, 3.63) is 89.1 Å². The Bertz CT molecular complexity index is 1270. The summed E-state index contributed by atoms with van der Waals surface area (Å²) in [4.78, 5) is 18.3. The van der Waals surface area contributed by atoms with Crippen LogP contribution in [0.25, 0.3) is 11.0 Å². The third kappa shape index (κ3) is 3.63. The molecule has 3 aromatic carbocycles. The number of carbonyl (C=O) groups is 1. The number of halogens is 1. The van der Waals surface area contributed by atoms with Crippen molar-refractivity contribution in [1.82, 2.24) is 4.90 Å². The van der Waals surface area contributed by atoms with E-state index in [0.29, 0.717) is 11.6 Å². The zero-order chi connectivity index (χ0) is 21.5. The average Bonchev–Trinajstić information content (AvgIpc) is 3.05. The average molecular weight is 449 g/mol. The van der Waals surface area contributed by atoms with E-state index in [1.54, 1.807) is 11.8 Å². The van der Waals surface area contributed by atoms with E-state index in [1.807, 2.05) is 90.6 Å². The molecule has 4 nitrogen and oxygen atoms in total. The Morgan fingerprint density at radius 3 is 2.52 bits per heavy atom. The highest BCUT2D eigenvalue weighted by Crippen LogP contribution is 2.54. The van der Waals surface area contributed by atoms with Gasteiger partial charge in [0.1, 0.15) is 11.3 Å². The summed E-state index contributed by atoms with van der Waals surface area (Å²) in [5.41, 5.74) is 3.55. The van der Waals surface area contributed by atoms with Crippen LogP contribution in [-0.4, -0.2) is 31.4 Å². The number of fused-ring (bicyclic) bond motifs is 4. The highest BCUT2D eigenvalue weighted by Gasteiger charge is 2.36. The van der Waals surface area contributed by atoms with Gasteiger partial charge in [0.2, 0.25) is 5.91 Å². The van der Waals surface area contributed by atoms with Gasteiger partial charge in [-0.15, -0.1) is 11.8 Å². The predicted octanol–water partition coefficient (Wildman–Crippen LogP) is 6.51. The maximum absolute atomic E-state index is 13.5. The summed E-state index contributed by atoms with van der Waals surface area (Å²) >= 11 is 7.84. The molecule has 4 aromatic rings.